The number of carbonyl (C=O) groups is 1. The maximum Gasteiger partial charge on any atom is 0.240 e. The lowest BCUT2D eigenvalue weighted by Gasteiger charge is -2.08. The van der Waals surface area contributed by atoms with Crippen LogP contribution in [0.4, 0.5) is 4.11 Å². The third-order valence-corrected chi connectivity index (χ3v) is 3.58. The third kappa shape index (κ3) is 8.07. The standard InChI is InChI=1S/C7H15FOSSi/c1-10-7(9)5-4-6-11(2,3)8/h4-6H2,1-3H3. The Labute approximate surface area is 72.9 Å². The van der Waals surface area contributed by atoms with Gasteiger partial charge in [-0.2, -0.15) is 0 Å². The van der Waals surface area contributed by atoms with E-state index in [1.165, 1.54) is 11.8 Å². The maximum absolute atomic E-state index is 13.0. The fourth-order valence-electron chi connectivity index (χ4n) is 0.755. The van der Waals surface area contributed by atoms with Crippen LogP contribution in [0, 0.1) is 0 Å². The van der Waals surface area contributed by atoms with Crippen molar-refractivity contribution < 1.29 is 8.90 Å². The van der Waals surface area contributed by atoms with E-state index in [2.05, 4.69) is 0 Å². The first-order valence-electron chi connectivity index (χ1n) is 3.71. The van der Waals surface area contributed by atoms with E-state index >= 15 is 0 Å². The van der Waals surface area contributed by atoms with Crippen molar-refractivity contribution in [1.29, 1.82) is 0 Å². The van der Waals surface area contributed by atoms with Gasteiger partial charge in [-0.05, 0) is 31.8 Å². The van der Waals surface area contributed by atoms with E-state index in [4.69, 9.17) is 0 Å². The second kappa shape index (κ2) is 4.93. The Morgan fingerprint density at radius 2 is 2.09 bits per heavy atom. The van der Waals surface area contributed by atoms with E-state index in [1.807, 2.05) is 0 Å². The summed E-state index contributed by atoms with van der Waals surface area (Å²) in [6.07, 6.45) is 3.01. The van der Waals surface area contributed by atoms with Gasteiger partial charge in [0.1, 0.15) is 0 Å². The average Bonchev–Trinajstić information content (AvgIpc) is 1.85. The average molecular weight is 194 g/mol. The van der Waals surface area contributed by atoms with Crippen LogP contribution >= 0.6 is 11.8 Å². The summed E-state index contributed by atoms with van der Waals surface area (Å²) in [7, 11) is -2.40. The summed E-state index contributed by atoms with van der Waals surface area (Å²) < 4.78 is 13.0. The van der Waals surface area contributed by atoms with Crippen LogP contribution in [0.2, 0.25) is 19.1 Å². The predicted octanol–water partition coefficient (Wildman–Crippen LogP) is 2.83. The van der Waals surface area contributed by atoms with Crippen LogP contribution in [0.1, 0.15) is 12.8 Å². The lowest BCUT2D eigenvalue weighted by Crippen LogP contribution is -2.17. The van der Waals surface area contributed by atoms with Crippen LogP contribution in [-0.2, 0) is 4.79 Å². The quantitative estimate of drug-likeness (QED) is 0.505. The molecule has 0 rings (SSSR count). The first-order valence-corrected chi connectivity index (χ1v) is 8.02. The molecule has 11 heavy (non-hydrogen) atoms. The summed E-state index contributed by atoms with van der Waals surface area (Å²) in [5.74, 6) is 0. The van der Waals surface area contributed by atoms with E-state index in [9.17, 15) is 8.90 Å². The zero-order chi connectivity index (χ0) is 8.91. The number of rotatable bonds is 4. The van der Waals surface area contributed by atoms with Gasteiger partial charge in [-0.25, -0.2) is 0 Å². The minimum Gasteiger partial charge on any atom is -0.314 e. The van der Waals surface area contributed by atoms with Crippen LogP contribution in [0.5, 0.6) is 0 Å². The van der Waals surface area contributed by atoms with Gasteiger partial charge in [-0.3, -0.25) is 4.79 Å². The Kier molecular flexibility index (Phi) is 5.00. The highest BCUT2D eigenvalue weighted by atomic mass is 32.2. The van der Waals surface area contributed by atoms with Gasteiger partial charge >= 0.3 is 0 Å². The fraction of sp³-hybridized carbons (Fsp3) is 0.857. The lowest BCUT2D eigenvalue weighted by molar-refractivity contribution is -0.110. The molecule has 0 radical (unpaired) electrons. The summed E-state index contributed by atoms with van der Waals surface area (Å²) in [6, 6.07) is 0.610. The Hall–Kier alpha value is 0.167. The van der Waals surface area contributed by atoms with Crippen molar-refractivity contribution in [2.75, 3.05) is 6.26 Å². The number of thioether (sulfide) groups is 1. The van der Waals surface area contributed by atoms with Crippen molar-refractivity contribution in [2.45, 2.75) is 32.0 Å². The first-order chi connectivity index (χ1) is 4.95. The van der Waals surface area contributed by atoms with Crippen molar-refractivity contribution in [3.8, 4) is 0 Å². The molecule has 0 fully saturated rings. The molecule has 0 saturated carbocycles. The normalized spacial score (nSPS) is 11.6. The molecular weight excluding hydrogens is 179 g/mol. The molecule has 0 N–H and O–H groups in total. The predicted molar refractivity (Wildman–Crippen MR) is 51.2 cm³/mol. The van der Waals surface area contributed by atoms with Gasteiger partial charge in [0.2, 0.25) is 8.41 Å². The molecule has 0 aliphatic rings. The Morgan fingerprint density at radius 3 is 2.45 bits per heavy atom. The number of hydrogen-bond donors (Lipinski definition) is 0. The Morgan fingerprint density at radius 1 is 1.55 bits per heavy atom. The third-order valence-electron chi connectivity index (χ3n) is 1.38. The molecule has 0 unspecified atom stereocenters. The van der Waals surface area contributed by atoms with E-state index in [0.29, 0.717) is 12.5 Å². The van der Waals surface area contributed by atoms with Crippen LogP contribution in [0.25, 0.3) is 0 Å². The SMILES string of the molecule is CSC(=O)CCC[Si](C)(C)F. The second-order valence-corrected chi connectivity index (χ2v) is 7.95. The molecule has 66 valence electrons. The molecule has 0 spiro atoms. The van der Waals surface area contributed by atoms with Gasteiger partial charge in [-0.15, -0.1) is 0 Å². The van der Waals surface area contributed by atoms with Crippen LogP contribution in [-0.4, -0.2) is 19.8 Å². The van der Waals surface area contributed by atoms with Crippen molar-refractivity contribution in [2.24, 2.45) is 0 Å². The van der Waals surface area contributed by atoms with E-state index < -0.39 is 8.41 Å². The van der Waals surface area contributed by atoms with Crippen molar-refractivity contribution in [3.63, 3.8) is 0 Å². The molecule has 0 aromatic carbocycles. The fourth-order valence-corrected chi connectivity index (χ4v) is 2.12. The summed E-state index contributed by atoms with van der Waals surface area (Å²) in [5.41, 5.74) is 0. The zero-order valence-corrected chi connectivity index (χ0v) is 9.13. The van der Waals surface area contributed by atoms with Gasteiger partial charge in [0.25, 0.3) is 0 Å². The van der Waals surface area contributed by atoms with Crippen molar-refractivity contribution in [1.82, 2.24) is 0 Å². The summed E-state index contributed by atoms with van der Waals surface area (Å²) in [5, 5.41) is 0.170. The lowest BCUT2D eigenvalue weighted by atomic mass is 10.4. The zero-order valence-electron chi connectivity index (χ0n) is 7.32. The molecule has 4 heteroatoms. The minimum atomic E-state index is -2.40. The van der Waals surface area contributed by atoms with Crippen molar-refractivity contribution in [3.05, 3.63) is 0 Å². The Balaban J connectivity index is 3.35. The topological polar surface area (TPSA) is 17.1 Å². The van der Waals surface area contributed by atoms with Crippen LogP contribution < -0.4 is 0 Å². The van der Waals surface area contributed by atoms with Crippen molar-refractivity contribution >= 4 is 25.3 Å². The van der Waals surface area contributed by atoms with E-state index in [-0.39, 0.29) is 5.12 Å². The molecule has 0 heterocycles. The molecule has 0 amide bonds. The van der Waals surface area contributed by atoms with E-state index in [0.717, 1.165) is 6.42 Å². The van der Waals surface area contributed by atoms with Crippen LogP contribution in [0.3, 0.4) is 0 Å². The Bertz CT molecular complexity index is 133. The maximum atomic E-state index is 13.0. The molecule has 0 bridgehead atoms. The van der Waals surface area contributed by atoms with Crippen LogP contribution in [0.15, 0.2) is 0 Å². The summed E-state index contributed by atoms with van der Waals surface area (Å²) >= 11 is 1.23. The molecule has 0 aliphatic carbocycles. The van der Waals surface area contributed by atoms with Gasteiger partial charge in [0.15, 0.2) is 5.12 Å². The number of halogens is 1. The highest BCUT2D eigenvalue weighted by molar-refractivity contribution is 8.13. The molecule has 0 atom stereocenters. The minimum absolute atomic E-state index is 0.170. The second-order valence-electron chi connectivity index (χ2n) is 3.15. The number of hydrogen-bond acceptors (Lipinski definition) is 2. The summed E-state index contributed by atoms with van der Waals surface area (Å²) in [4.78, 5) is 10.8. The first kappa shape index (κ1) is 11.2. The molecular formula is C7H15FOSSi. The van der Waals surface area contributed by atoms with Gasteiger partial charge < -0.3 is 4.11 Å². The monoisotopic (exact) mass is 194 g/mol. The molecule has 0 aromatic heterocycles. The van der Waals surface area contributed by atoms with Gasteiger partial charge in [0, 0.05) is 6.42 Å². The highest BCUT2D eigenvalue weighted by Crippen LogP contribution is 2.15. The van der Waals surface area contributed by atoms with Gasteiger partial charge in [0.05, 0.1) is 0 Å². The van der Waals surface area contributed by atoms with E-state index in [1.54, 1.807) is 19.3 Å². The summed E-state index contributed by atoms with van der Waals surface area (Å²) in [6.45, 7) is 3.35. The van der Waals surface area contributed by atoms with Gasteiger partial charge in [-0.1, -0.05) is 11.8 Å². The molecule has 1 nitrogen and oxygen atoms in total. The molecule has 0 saturated heterocycles. The highest BCUT2D eigenvalue weighted by Gasteiger charge is 2.19. The molecule has 0 aliphatic heterocycles. The largest absolute Gasteiger partial charge is 0.314 e. The molecule has 0 aromatic rings. The number of carbonyl (C=O) groups excluding carboxylic acids is 1. The smallest absolute Gasteiger partial charge is 0.240 e.